The van der Waals surface area contributed by atoms with Crippen LogP contribution in [0.1, 0.15) is 30.2 Å². The van der Waals surface area contributed by atoms with Crippen molar-refractivity contribution in [2.24, 2.45) is 0 Å². The van der Waals surface area contributed by atoms with Gasteiger partial charge in [-0.25, -0.2) is 9.37 Å². The summed E-state index contributed by atoms with van der Waals surface area (Å²) < 4.78 is 18.4. The van der Waals surface area contributed by atoms with Crippen LogP contribution in [-0.4, -0.2) is 89.2 Å². The van der Waals surface area contributed by atoms with Gasteiger partial charge in [-0.05, 0) is 37.4 Å². The molecule has 0 saturated carbocycles. The number of aliphatic hydroxyl groups is 1. The summed E-state index contributed by atoms with van der Waals surface area (Å²) in [5, 5.41) is 13.0. The van der Waals surface area contributed by atoms with Crippen molar-refractivity contribution in [1.29, 1.82) is 0 Å². The van der Waals surface area contributed by atoms with E-state index in [9.17, 15) is 14.3 Å². The fourth-order valence-electron chi connectivity index (χ4n) is 3.67. The molecule has 1 aromatic carbocycles. The molecule has 1 amide bonds. The molecular weight excluding hydrogens is 401 g/mol. The molecule has 2 aromatic rings. The highest BCUT2D eigenvalue weighted by atomic mass is 19.1. The molecule has 31 heavy (non-hydrogen) atoms. The zero-order valence-corrected chi connectivity index (χ0v) is 18.3. The summed E-state index contributed by atoms with van der Waals surface area (Å²) >= 11 is 0. The van der Waals surface area contributed by atoms with Gasteiger partial charge in [-0.2, -0.15) is 0 Å². The maximum atomic E-state index is 13.0. The minimum absolute atomic E-state index is 0.192. The number of likely N-dealkylation sites (N-methyl/N-ethyl adjacent to an activating group) is 1. The molecule has 170 valence electrons. The summed E-state index contributed by atoms with van der Waals surface area (Å²) in [6.45, 7) is 11.4. The van der Waals surface area contributed by atoms with E-state index in [4.69, 9.17) is 4.42 Å². The summed E-state index contributed by atoms with van der Waals surface area (Å²) in [5.41, 5.74) is 0.688. The number of halogens is 1. The van der Waals surface area contributed by atoms with Crippen molar-refractivity contribution in [1.82, 2.24) is 19.7 Å². The number of anilines is 1. The Kier molecular flexibility index (Phi) is 8.53. The Hall–Kier alpha value is -2.33. The molecule has 1 atom stereocenters. The van der Waals surface area contributed by atoms with Crippen molar-refractivity contribution in [3.8, 4) is 0 Å². The van der Waals surface area contributed by atoms with Gasteiger partial charge >= 0.3 is 0 Å². The van der Waals surface area contributed by atoms with E-state index >= 15 is 0 Å². The molecule has 8 nitrogen and oxygen atoms in total. The SMILES string of the molecule is CCN(CC)C[C@H](O)CN1CCN(Cc2nc(C(=O)Nc3ccc(F)cc3)co2)CC1. The fraction of sp³-hybridized carbons (Fsp3) is 0.545. The average Bonchev–Trinajstić information content (AvgIpc) is 3.23. The summed E-state index contributed by atoms with van der Waals surface area (Å²) in [4.78, 5) is 23.3. The Bertz CT molecular complexity index is 817. The first-order chi connectivity index (χ1) is 15.0. The number of rotatable bonds is 10. The number of oxazole rings is 1. The Morgan fingerprint density at radius 3 is 2.48 bits per heavy atom. The topological polar surface area (TPSA) is 85.1 Å². The third-order valence-electron chi connectivity index (χ3n) is 5.54. The number of benzene rings is 1. The summed E-state index contributed by atoms with van der Waals surface area (Å²) in [6, 6.07) is 5.55. The monoisotopic (exact) mass is 433 g/mol. The maximum Gasteiger partial charge on any atom is 0.277 e. The third-order valence-corrected chi connectivity index (χ3v) is 5.54. The van der Waals surface area contributed by atoms with Crippen LogP contribution in [0.4, 0.5) is 10.1 Å². The van der Waals surface area contributed by atoms with Crippen molar-refractivity contribution in [2.75, 3.05) is 57.7 Å². The van der Waals surface area contributed by atoms with Gasteiger partial charge in [0.1, 0.15) is 12.1 Å². The number of hydrogen-bond donors (Lipinski definition) is 2. The molecule has 1 aliphatic heterocycles. The molecule has 0 radical (unpaired) electrons. The highest BCUT2D eigenvalue weighted by Gasteiger charge is 2.22. The van der Waals surface area contributed by atoms with Crippen LogP contribution in [0.5, 0.6) is 0 Å². The van der Waals surface area contributed by atoms with Gasteiger partial charge in [0.05, 0.1) is 12.6 Å². The minimum atomic E-state index is -0.395. The minimum Gasteiger partial charge on any atom is -0.447 e. The first-order valence-corrected chi connectivity index (χ1v) is 10.8. The third kappa shape index (κ3) is 7.10. The predicted octanol–water partition coefficient (Wildman–Crippen LogP) is 1.89. The molecule has 3 rings (SSSR count). The number of β-amino-alcohol motifs (C(OH)–C–C–N with tert-alkyl or cyclic N) is 1. The summed E-state index contributed by atoms with van der Waals surface area (Å²) in [6.07, 6.45) is 0.994. The number of aliphatic hydroxyl groups excluding tert-OH is 1. The molecule has 0 unspecified atom stereocenters. The highest BCUT2D eigenvalue weighted by Crippen LogP contribution is 2.13. The smallest absolute Gasteiger partial charge is 0.277 e. The van der Waals surface area contributed by atoms with Gasteiger partial charge in [0.15, 0.2) is 5.69 Å². The van der Waals surface area contributed by atoms with Crippen LogP contribution < -0.4 is 5.32 Å². The van der Waals surface area contributed by atoms with E-state index in [1.54, 1.807) is 0 Å². The summed E-state index contributed by atoms with van der Waals surface area (Å²) in [7, 11) is 0. The first-order valence-electron chi connectivity index (χ1n) is 10.8. The molecule has 2 N–H and O–H groups in total. The van der Waals surface area contributed by atoms with Gasteiger partial charge in [-0.3, -0.25) is 14.6 Å². The number of nitrogens with zero attached hydrogens (tertiary/aromatic N) is 4. The van der Waals surface area contributed by atoms with Crippen molar-refractivity contribution in [3.63, 3.8) is 0 Å². The lowest BCUT2D eigenvalue weighted by Gasteiger charge is -2.35. The number of hydrogen-bond acceptors (Lipinski definition) is 7. The first kappa shape index (κ1) is 23.3. The molecule has 1 aromatic heterocycles. The number of amides is 1. The standard InChI is InChI=1S/C22H32FN5O3/c1-3-26(4-2)13-19(29)14-27-9-11-28(12-10-27)15-21-25-20(16-31-21)22(30)24-18-7-5-17(23)6-8-18/h5-8,16,19,29H,3-4,9-15H2,1-2H3,(H,24,30)/t19-/m0/s1. The molecule has 9 heteroatoms. The Labute approximate surface area is 182 Å². The molecule has 1 fully saturated rings. The number of nitrogens with one attached hydrogen (secondary N) is 1. The number of piperazine rings is 1. The highest BCUT2D eigenvalue weighted by molar-refractivity contribution is 6.02. The van der Waals surface area contributed by atoms with Crippen molar-refractivity contribution >= 4 is 11.6 Å². The van der Waals surface area contributed by atoms with E-state index in [1.165, 1.54) is 30.5 Å². The van der Waals surface area contributed by atoms with Gasteiger partial charge in [0.25, 0.3) is 5.91 Å². The maximum absolute atomic E-state index is 13.0. The lowest BCUT2D eigenvalue weighted by Crippen LogP contribution is -2.49. The quantitative estimate of drug-likeness (QED) is 0.592. The van der Waals surface area contributed by atoms with E-state index in [1.807, 2.05) is 0 Å². The average molecular weight is 434 g/mol. The number of carbonyl (C=O) groups excluding carboxylic acids is 1. The van der Waals surface area contributed by atoms with Crippen LogP contribution in [-0.2, 0) is 6.54 Å². The molecule has 0 bridgehead atoms. The largest absolute Gasteiger partial charge is 0.447 e. The Morgan fingerprint density at radius 1 is 1.19 bits per heavy atom. The van der Waals surface area contributed by atoms with Crippen LogP contribution in [0.15, 0.2) is 34.9 Å². The Balaban J connectivity index is 1.42. The van der Waals surface area contributed by atoms with Crippen LogP contribution in [0.25, 0.3) is 0 Å². The van der Waals surface area contributed by atoms with Gasteiger partial charge in [-0.1, -0.05) is 13.8 Å². The van der Waals surface area contributed by atoms with E-state index in [0.29, 0.717) is 31.2 Å². The normalized spacial score (nSPS) is 16.5. The van der Waals surface area contributed by atoms with Crippen LogP contribution in [0.3, 0.4) is 0 Å². The Morgan fingerprint density at radius 2 is 1.84 bits per heavy atom. The molecule has 1 saturated heterocycles. The second-order valence-corrected chi connectivity index (χ2v) is 7.80. The number of carbonyl (C=O) groups is 1. The lowest BCUT2D eigenvalue weighted by molar-refractivity contribution is 0.0491. The summed E-state index contributed by atoms with van der Waals surface area (Å²) in [5.74, 6) is -0.270. The van der Waals surface area contributed by atoms with E-state index in [-0.39, 0.29) is 17.6 Å². The van der Waals surface area contributed by atoms with Crippen LogP contribution >= 0.6 is 0 Å². The van der Waals surface area contributed by atoms with Gasteiger partial charge < -0.3 is 19.7 Å². The van der Waals surface area contributed by atoms with Crippen molar-refractivity contribution in [2.45, 2.75) is 26.5 Å². The fourth-order valence-corrected chi connectivity index (χ4v) is 3.67. The number of aromatic nitrogens is 1. The second-order valence-electron chi connectivity index (χ2n) is 7.80. The van der Waals surface area contributed by atoms with Crippen LogP contribution in [0, 0.1) is 5.82 Å². The molecule has 2 heterocycles. The zero-order valence-electron chi connectivity index (χ0n) is 18.3. The molecule has 0 spiro atoms. The van der Waals surface area contributed by atoms with Gasteiger partial charge in [-0.15, -0.1) is 0 Å². The van der Waals surface area contributed by atoms with Crippen LogP contribution in [0.2, 0.25) is 0 Å². The van der Waals surface area contributed by atoms with Gasteiger partial charge in [0.2, 0.25) is 5.89 Å². The molecule has 0 aliphatic carbocycles. The van der Waals surface area contributed by atoms with Crippen molar-refractivity contribution < 1.29 is 18.7 Å². The van der Waals surface area contributed by atoms with Gasteiger partial charge in [0, 0.05) is 45.0 Å². The van der Waals surface area contributed by atoms with Crippen molar-refractivity contribution in [3.05, 3.63) is 47.9 Å². The van der Waals surface area contributed by atoms with E-state index < -0.39 is 5.91 Å². The lowest BCUT2D eigenvalue weighted by atomic mass is 10.2. The van der Waals surface area contributed by atoms with E-state index in [0.717, 1.165) is 39.3 Å². The molecular formula is C22H32FN5O3. The molecule has 1 aliphatic rings. The van der Waals surface area contributed by atoms with E-state index in [2.05, 4.69) is 38.8 Å². The predicted molar refractivity (Wildman–Crippen MR) is 116 cm³/mol. The second kappa shape index (κ2) is 11.3. The zero-order chi connectivity index (χ0) is 22.2.